The van der Waals surface area contributed by atoms with Crippen LogP contribution in [0, 0.1) is 5.92 Å². The quantitative estimate of drug-likeness (QED) is 0.542. The second-order valence-corrected chi connectivity index (χ2v) is 5.73. The minimum Gasteiger partial charge on any atom is -0.497 e. The molecular weight excluding hydrogens is 290 g/mol. The zero-order chi connectivity index (χ0) is 17.1. The van der Waals surface area contributed by atoms with E-state index in [-0.39, 0.29) is 6.10 Å². The van der Waals surface area contributed by atoms with Crippen molar-refractivity contribution in [2.24, 2.45) is 10.9 Å². The maximum atomic E-state index is 5.76. The van der Waals surface area contributed by atoms with Gasteiger partial charge in [-0.3, -0.25) is 4.99 Å². The summed E-state index contributed by atoms with van der Waals surface area (Å²) in [6, 6.07) is 8.01. The van der Waals surface area contributed by atoms with Gasteiger partial charge in [0.1, 0.15) is 5.75 Å². The predicted molar refractivity (Wildman–Crippen MR) is 96.1 cm³/mol. The van der Waals surface area contributed by atoms with Crippen LogP contribution in [-0.4, -0.2) is 39.4 Å². The molecule has 0 spiro atoms. The van der Waals surface area contributed by atoms with Crippen LogP contribution in [-0.2, 0) is 11.3 Å². The molecule has 0 amide bonds. The maximum Gasteiger partial charge on any atom is 0.191 e. The summed E-state index contributed by atoms with van der Waals surface area (Å²) >= 11 is 0. The lowest BCUT2D eigenvalue weighted by molar-refractivity contribution is 0.0258. The van der Waals surface area contributed by atoms with E-state index in [1.165, 1.54) is 5.56 Å². The Labute approximate surface area is 140 Å². The Morgan fingerprint density at radius 1 is 1.17 bits per heavy atom. The first-order valence-corrected chi connectivity index (χ1v) is 8.29. The normalized spacial score (nSPS) is 13.0. The van der Waals surface area contributed by atoms with E-state index in [0.717, 1.165) is 37.8 Å². The zero-order valence-electron chi connectivity index (χ0n) is 15.1. The number of hydrogen-bond acceptors (Lipinski definition) is 3. The molecule has 1 aromatic rings. The number of nitrogens with zero attached hydrogens (tertiary/aromatic N) is 1. The molecule has 0 saturated heterocycles. The molecule has 1 aromatic carbocycles. The smallest absolute Gasteiger partial charge is 0.191 e. The van der Waals surface area contributed by atoms with E-state index in [1.807, 2.05) is 31.2 Å². The number of guanidine groups is 1. The number of ether oxygens (including phenoxy) is 2. The van der Waals surface area contributed by atoms with Crippen LogP contribution >= 0.6 is 0 Å². The van der Waals surface area contributed by atoms with Crippen LogP contribution in [0.4, 0.5) is 0 Å². The van der Waals surface area contributed by atoms with E-state index in [1.54, 1.807) is 14.2 Å². The topological polar surface area (TPSA) is 54.9 Å². The molecule has 5 nitrogen and oxygen atoms in total. The highest BCUT2D eigenvalue weighted by atomic mass is 16.5. The van der Waals surface area contributed by atoms with Gasteiger partial charge < -0.3 is 20.1 Å². The van der Waals surface area contributed by atoms with Crippen molar-refractivity contribution in [2.75, 3.05) is 27.3 Å². The molecule has 1 rings (SSSR count). The summed E-state index contributed by atoms with van der Waals surface area (Å²) in [6.45, 7) is 8.74. The summed E-state index contributed by atoms with van der Waals surface area (Å²) < 4.78 is 10.9. The lowest BCUT2D eigenvalue weighted by atomic mass is 10.0. The van der Waals surface area contributed by atoms with Crippen molar-refractivity contribution in [1.82, 2.24) is 10.6 Å². The molecule has 23 heavy (non-hydrogen) atoms. The summed E-state index contributed by atoms with van der Waals surface area (Å²) in [7, 11) is 3.46. The monoisotopic (exact) mass is 321 g/mol. The Morgan fingerprint density at radius 3 is 2.39 bits per heavy atom. The first kappa shape index (κ1) is 19.3. The Kier molecular flexibility index (Phi) is 9.14. The van der Waals surface area contributed by atoms with Gasteiger partial charge in [-0.1, -0.05) is 26.0 Å². The highest BCUT2D eigenvalue weighted by molar-refractivity contribution is 5.79. The fourth-order valence-corrected chi connectivity index (χ4v) is 2.31. The molecule has 0 aliphatic carbocycles. The average molecular weight is 321 g/mol. The molecule has 0 bridgehead atoms. The first-order valence-electron chi connectivity index (χ1n) is 8.29. The average Bonchev–Trinajstić information content (AvgIpc) is 2.57. The number of benzene rings is 1. The SMILES string of the molecule is CCOC(CCNC(=NC)NCc1ccc(OC)cc1)C(C)C. The molecule has 0 aliphatic rings. The molecule has 0 aliphatic heterocycles. The molecule has 0 radical (unpaired) electrons. The molecule has 0 heterocycles. The minimum atomic E-state index is 0.284. The number of aliphatic imine (C=N–C) groups is 1. The van der Waals surface area contributed by atoms with Gasteiger partial charge in [0.05, 0.1) is 13.2 Å². The number of rotatable bonds is 9. The molecule has 0 saturated carbocycles. The summed E-state index contributed by atoms with van der Waals surface area (Å²) in [5, 5.41) is 6.66. The van der Waals surface area contributed by atoms with Crippen LogP contribution in [0.1, 0.15) is 32.8 Å². The van der Waals surface area contributed by atoms with Gasteiger partial charge in [-0.2, -0.15) is 0 Å². The second-order valence-electron chi connectivity index (χ2n) is 5.73. The summed E-state index contributed by atoms with van der Waals surface area (Å²) in [5.41, 5.74) is 1.18. The fraction of sp³-hybridized carbons (Fsp3) is 0.611. The summed E-state index contributed by atoms with van der Waals surface area (Å²) in [6.07, 6.45) is 1.25. The molecule has 0 fully saturated rings. The van der Waals surface area contributed by atoms with E-state index in [0.29, 0.717) is 5.92 Å². The number of nitrogens with one attached hydrogen (secondary N) is 2. The standard InChI is InChI=1S/C18H31N3O2/c1-6-23-17(14(2)3)11-12-20-18(19-4)21-13-15-7-9-16(22-5)10-8-15/h7-10,14,17H,6,11-13H2,1-5H3,(H2,19,20,21). The fourth-order valence-electron chi connectivity index (χ4n) is 2.31. The van der Waals surface area contributed by atoms with Gasteiger partial charge in [0.15, 0.2) is 5.96 Å². The lowest BCUT2D eigenvalue weighted by Crippen LogP contribution is -2.38. The van der Waals surface area contributed by atoms with Crippen molar-refractivity contribution in [2.45, 2.75) is 39.8 Å². The van der Waals surface area contributed by atoms with Crippen LogP contribution in [0.15, 0.2) is 29.3 Å². The van der Waals surface area contributed by atoms with Gasteiger partial charge in [0.25, 0.3) is 0 Å². The third-order valence-electron chi connectivity index (χ3n) is 3.69. The van der Waals surface area contributed by atoms with Crippen molar-refractivity contribution in [3.63, 3.8) is 0 Å². The summed E-state index contributed by atoms with van der Waals surface area (Å²) in [4.78, 5) is 4.25. The third kappa shape index (κ3) is 7.37. The van der Waals surface area contributed by atoms with Gasteiger partial charge >= 0.3 is 0 Å². The molecule has 0 aromatic heterocycles. The Morgan fingerprint density at radius 2 is 1.87 bits per heavy atom. The highest BCUT2D eigenvalue weighted by Gasteiger charge is 2.12. The van der Waals surface area contributed by atoms with Crippen molar-refractivity contribution < 1.29 is 9.47 Å². The third-order valence-corrected chi connectivity index (χ3v) is 3.69. The highest BCUT2D eigenvalue weighted by Crippen LogP contribution is 2.11. The second kappa shape index (κ2) is 10.9. The Hall–Kier alpha value is -1.75. The Balaban J connectivity index is 2.36. The van der Waals surface area contributed by atoms with Crippen LogP contribution in [0.2, 0.25) is 0 Å². The van der Waals surface area contributed by atoms with Crippen LogP contribution in [0.5, 0.6) is 5.75 Å². The van der Waals surface area contributed by atoms with Crippen molar-refractivity contribution in [3.05, 3.63) is 29.8 Å². The van der Waals surface area contributed by atoms with Crippen molar-refractivity contribution in [3.8, 4) is 5.75 Å². The van der Waals surface area contributed by atoms with Gasteiger partial charge in [0, 0.05) is 26.7 Å². The molecule has 5 heteroatoms. The first-order chi connectivity index (χ1) is 11.1. The lowest BCUT2D eigenvalue weighted by Gasteiger charge is -2.21. The molecule has 1 atom stereocenters. The molecule has 1 unspecified atom stereocenters. The number of methoxy groups -OCH3 is 1. The molecule has 130 valence electrons. The summed E-state index contributed by atoms with van der Waals surface area (Å²) in [5.74, 6) is 2.19. The van der Waals surface area contributed by atoms with E-state index < -0.39 is 0 Å². The van der Waals surface area contributed by atoms with Crippen LogP contribution in [0.25, 0.3) is 0 Å². The Bertz CT molecular complexity index is 458. The van der Waals surface area contributed by atoms with Gasteiger partial charge in [-0.25, -0.2) is 0 Å². The maximum absolute atomic E-state index is 5.76. The van der Waals surface area contributed by atoms with Gasteiger partial charge in [-0.05, 0) is 37.0 Å². The minimum absolute atomic E-state index is 0.284. The van der Waals surface area contributed by atoms with E-state index >= 15 is 0 Å². The van der Waals surface area contributed by atoms with Crippen LogP contribution < -0.4 is 15.4 Å². The largest absolute Gasteiger partial charge is 0.497 e. The van der Waals surface area contributed by atoms with Crippen molar-refractivity contribution in [1.29, 1.82) is 0 Å². The van der Waals surface area contributed by atoms with Crippen LogP contribution in [0.3, 0.4) is 0 Å². The molecule has 2 N–H and O–H groups in total. The van der Waals surface area contributed by atoms with Crippen molar-refractivity contribution >= 4 is 5.96 Å². The van der Waals surface area contributed by atoms with E-state index in [2.05, 4.69) is 29.5 Å². The van der Waals surface area contributed by atoms with Gasteiger partial charge in [-0.15, -0.1) is 0 Å². The van der Waals surface area contributed by atoms with E-state index in [9.17, 15) is 0 Å². The number of hydrogen-bond donors (Lipinski definition) is 2. The van der Waals surface area contributed by atoms with Gasteiger partial charge in [0.2, 0.25) is 0 Å². The predicted octanol–water partition coefficient (Wildman–Crippen LogP) is 2.81. The zero-order valence-corrected chi connectivity index (χ0v) is 15.1. The molecular formula is C18H31N3O2. The van der Waals surface area contributed by atoms with E-state index in [4.69, 9.17) is 9.47 Å².